The van der Waals surface area contributed by atoms with Crippen molar-refractivity contribution in [3.63, 3.8) is 0 Å². The molecule has 0 saturated heterocycles. The number of allylic oxidation sites excluding steroid dienone is 2. The number of hydrogen-bond acceptors (Lipinski definition) is 0. The maximum Gasteiger partial charge on any atom is -0.0262 e. The first-order valence-electron chi connectivity index (χ1n) is 13.9. The van der Waals surface area contributed by atoms with Crippen molar-refractivity contribution >= 4 is 0 Å². The van der Waals surface area contributed by atoms with Crippen molar-refractivity contribution in [1.29, 1.82) is 0 Å². The summed E-state index contributed by atoms with van der Waals surface area (Å²) in [6.07, 6.45) is 35.0. The summed E-state index contributed by atoms with van der Waals surface area (Å²) >= 11 is 0. The van der Waals surface area contributed by atoms with Crippen LogP contribution in [0, 0.1) is 11.8 Å². The Hall–Kier alpha value is -0.260. The number of hydrogen-bond donors (Lipinski definition) is 0. The van der Waals surface area contributed by atoms with Crippen LogP contribution in [-0.2, 0) is 0 Å². The minimum absolute atomic E-state index is 0.777. The average Bonchev–Trinajstić information content (AvgIpc) is 2.71. The van der Waals surface area contributed by atoms with Gasteiger partial charge in [-0.2, -0.15) is 0 Å². The van der Waals surface area contributed by atoms with Crippen LogP contribution in [0.15, 0.2) is 12.2 Å². The summed E-state index contributed by atoms with van der Waals surface area (Å²) in [7, 11) is 0. The van der Waals surface area contributed by atoms with Crippen LogP contribution in [0.1, 0.15) is 163 Å². The van der Waals surface area contributed by atoms with Crippen molar-refractivity contribution in [2.45, 2.75) is 163 Å². The third-order valence-corrected chi connectivity index (χ3v) is 6.58. The molecule has 0 nitrogen and oxygen atoms in total. The fraction of sp³-hybridized carbons (Fsp3) is 0.931. The van der Waals surface area contributed by atoms with E-state index in [0.717, 1.165) is 11.8 Å². The van der Waals surface area contributed by atoms with E-state index >= 15 is 0 Å². The zero-order chi connectivity index (χ0) is 21.4. The van der Waals surface area contributed by atoms with E-state index < -0.39 is 0 Å². The van der Waals surface area contributed by atoms with E-state index in [9.17, 15) is 0 Å². The van der Waals surface area contributed by atoms with Crippen molar-refractivity contribution in [2.75, 3.05) is 0 Å². The van der Waals surface area contributed by atoms with Gasteiger partial charge in [0.15, 0.2) is 0 Å². The lowest BCUT2D eigenvalue weighted by atomic mass is 9.94. The summed E-state index contributed by atoms with van der Waals surface area (Å²) in [6, 6.07) is 0. The molecule has 0 heteroatoms. The smallest absolute Gasteiger partial charge is 0.0262 e. The van der Waals surface area contributed by atoms with Gasteiger partial charge in [-0.15, -0.1) is 0 Å². The first-order valence-corrected chi connectivity index (χ1v) is 13.9. The standard InChI is InChI=1S/C29H58/c1-5-7-9-10-11-12-13-14-15-16-17-18-19-20-22-25-29(4)27-23-26-28(3)24-21-8-6-2/h21,24,28-29H,5-20,22-23,25-27H2,1-4H3. The van der Waals surface area contributed by atoms with Crippen LogP contribution in [0.2, 0.25) is 0 Å². The molecule has 0 radical (unpaired) electrons. The second-order valence-electron chi connectivity index (χ2n) is 9.97. The Kier molecular flexibility index (Phi) is 23.8. The molecule has 0 N–H and O–H groups in total. The molecule has 0 saturated carbocycles. The SMILES string of the molecule is CCCC=CC(C)CCCC(C)CCCCCCCCCCCCCCCCC. The molecule has 0 amide bonds. The second-order valence-corrected chi connectivity index (χ2v) is 9.97. The maximum absolute atomic E-state index is 2.47. The van der Waals surface area contributed by atoms with Gasteiger partial charge in [-0.25, -0.2) is 0 Å². The highest BCUT2D eigenvalue weighted by Crippen LogP contribution is 2.20. The van der Waals surface area contributed by atoms with Gasteiger partial charge in [-0.05, 0) is 24.7 Å². The van der Waals surface area contributed by atoms with Gasteiger partial charge < -0.3 is 0 Å². The monoisotopic (exact) mass is 406 g/mol. The summed E-state index contributed by atoms with van der Waals surface area (Å²) in [6.45, 7) is 9.42. The molecule has 0 bridgehead atoms. The van der Waals surface area contributed by atoms with E-state index in [1.54, 1.807) is 0 Å². The highest BCUT2D eigenvalue weighted by atomic mass is 14.1. The van der Waals surface area contributed by atoms with Gasteiger partial charge in [0.2, 0.25) is 0 Å². The lowest BCUT2D eigenvalue weighted by Crippen LogP contribution is -1.97. The van der Waals surface area contributed by atoms with Crippen LogP contribution < -0.4 is 0 Å². The first kappa shape index (κ1) is 28.7. The molecular formula is C29H58. The van der Waals surface area contributed by atoms with Crippen LogP contribution in [0.3, 0.4) is 0 Å². The molecule has 29 heavy (non-hydrogen) atoms. The van der Waals surface area contributed by atoms with E-state index in [4.69, 9.17) is 0 Å². The maximum atomic E-state index is 2.47. The molecule has 0 heterocycles. The second kappa shape index (κ2) is 24.0. The summed E-state index contributed by atoms with van der Waals surface area (Å²) < 4.78 is 0. The summed E-state index contributed by atoms with van der Waals surface area (Å²) in [4.78, 5) is 0. The molecule has 0 aromatic heterocycles. The summed E-state index contributed by atoms with van der Waals surface area (Å²) in [5, 5.41) is 0. The molecule has 0 fully saturated rings. The molecule has 0 rings (SSSR count). The van der Waals surface area contributed by atoms with E-state index in [1.807, 2.05) is 0 Å². The Morgan fingerprint density at radius 3 is 1.41 bits per heavy atom. The lowest BCUT2D eigenvalue weighted by Gasteiger charge is -2.12. The molecule has 0 spiro atoms. The predicted octanol–water partition coefficient (Wildman–Crippen LogP) is 11.0. The zero-order valence-corrected chi connectivity index (χ0v) is 21.2. The molecular weight excluding hydrogens is 348 g/mol. The summed E-state index contributed by atoms with van der Waals surface area (Å²) in [5.74, 6) is 1.71. The third kappa shape index (κ3) is 23.9. The van der Waals surface area contributed by atoms with Gasteiger partial charge >= 0.3 is 0 Å². The van der Waals surface area contributed by atoms with Crippen LogP contribution in [-0.4, -0.2) is 0 Å². The number of unbranched alkanes of at least 4 members (excludes halogenated alkanes) is 15. The molecule has 0 aromatic carbocycles. The molecule has 0 aromatic rings. The zero-order valence-electron chi connectivity index (χ0n) is 21.2. The minimum atomic E-state index is 0.777. The van der Waals surface area contributed by atoms with Crippen LogP contribution >= 0.6 is 0 Å². The van der Waals surface area contributed by atoms with Gasteiger partial charge in [-0.1, -0.05) is 162 Å². The van der Waals surface area contributed by atoms with Crippen molar-refractivity contribution in [2.24, 2.45) is 11.8 Å². The van der Waals surface area contributed by atoms with Gasteiger partial charge in [0.25, 0.3) is 0 Å². The Bertz CT molecular complexity index is 316. The summed E-state index contributed by atoms with van der Waals surface area (Å²) in [5.41, 5.74) is 0. The molecule has 0 aliphatic carbocycles. The quantitative estimate of drug-likeness (QED) is 0.117. The van der Waals surface area contributed by atoms with E-state index in [2.05, 4.69) is 39.8 Å². The molecule has 2 atom stereocenters. The van der Waals surface area contributed by atoms with Crippen molar-refractivity contribution < 1.29 is 0 Å². The highest BCUT2D eigenvalue weighted by Gasteiger charge is 2.04. The van der Waals surface area contributed by atoms with Crippen LogP contribution in [0.4, 0.5) is 0 Å². The fourth-order valence-electron chi connectivity index (χ4n) is 4.39. The van der Waals surface area contributed by atoms with Crippen molar-refractivity contribution in [1.82, 2.24) is 0 Å². The fourth-order valence-corrected chi connectivity index (χ4v) is 4.39. The minimum Gasteiger partial charge on any atom is -0.0883 e. The topological polar surface area (TPSA) is 0 Å². The predicted molar refractivity (Wildman–Crippen MR) is 136 cm³/mol. The number of rotatable bonds is 23. The van der Waals surface area contributed by atoms with Gasteiger partial charge in [0, 0.05) is 0 Å². The molecule has 2 unspecified atom stereocenters. The Labute approximate surface area is 186 Å². The van der Waals surface area contributed by atoms with E-state index in [1.165, 1.54) is 135 Å². The lowest BCUT2D eigenvalue weighted by molar-refractivity contribution is 0.424. The van der Waals surface area contributed by atoms with Gasteiger partial charge in [0.05, 0.1) is 0 Å². The average molecular weight is 407 g/mol. The third-order valence-electron chi connectivity index (χ3n) is 6.58. The van der Waals surface area contributed by atoms with Crippen LogP contribution in [0.5, 0.6) is 0 Å². The van der Waals surface area contributed by atoms with Gasteiger partial charge in [-0.3, -0.25) is 0 Å². The Balaban J connectivity index is 3.24. The molecule has 174 valence electrons. The Morgan fingerprint density at radius 1 is 0.483 bits per heavy atom. The molecule has 0 aliphatic heterocycles. The van der Waals surface area contributed by atoms with Crippen LogP contribution in [0.25, 0.3) is 0 Å². The highest BCUT2D eigenvalue weighted by molar-refractivity contribution is 4.85. The normalized spacial score (nSPS) is 13.9. The van der Waals surface area contributed by atoms with Crippen molar-refractivity contribution in [3.05, 3.63) is 12.2 Å². The van der Waals surface area contributed by atoms with Crippen molar-refractivity contribution in [3.8, 4) is 0 Å². The van der Waals surface area contributed by atoms with E-state index in [-0.39, 0.29) is 0 Å². The Morgan fingerprint density at radius 2 is 0.931 bits per heavy atom. The van der Waals surface area contributed by atoms with E-state index in [0.29, 0.717) is 0 Å². The largest absolute Gasteiger partial charge is 0.0883 e. The van der Waals surface area contributed by atoms with Gasteiger partial charge in [0.1, 0.15) is 0 Å². The molecule has 0 aliphatic rings. The first-order chi connectivity index (χ1) is 14.2.